The fourth-order valence-corrected chi connectivity index (χ4v) is 1.58. The first-order valence-electron chi connectivity index (χ1n) is 6.41. The molecule has 16 heavy (non-hydrogen) atoms. The predicted octanol–water partition coefficient (Wildman–Crippen LogP) is 5.59. The van der Waals surface area contributed by atoms with Crippen LogP contribution in [0.2, 0.25) is 0 Å². The van der Waals surface area contributed by atoms with Gasteiger partial charge in [0.2, 0.25) is 0 Å². The first kappa shape index (κ1) is 15.0. The standard InChI is InChI=1S/C16H26/c1-4-7-8-9-10-11-12-15-16(13-5-2)14-6-3/h5-6,11-12,15H,2-4,7-10,13-14H2,1H3/b12-11+. The fourth-order valence-electron chi connectivity index (χ4n) is 1.58. The molecular weight excluding hydrogens is 192 g/mol. The molecule has 0 nitrogen and oxygen atoms in total. The first-order chi connectivity index (χ1) is 7.85. The summed E-state index contributed by atoms with van der Waals surface area (Å²) in [4.78, 5) is 0. The van der Waals surface area contributed by atoms with Crippen molar-refractivity contribution in [2.45, 2.75) is 51.9 Å². The average molecular weight is 218 g/mol. The van der Waals surface area contributed by atoms with E-state index in [1.807, 2.05) is 12.2 Å². The summed E-state index contributed by atoms with van der Waals surface area (Å²) >= 11 is 0. The number of unbranched alkanes of at least 4 members (excludes halogenated alkanes) is 4. The summed E-state index contributed by atoms with van der Waals surface area (Å²) in [5.74, 6) is 0. The Labute approximate surface area is 101 Å². The highest BCUT2D eigenvalue weighted by atomic mass is 13.9. The quantitative estimate of drug-likeness (QED) is 0.255. The molecule has 0 aromatic rings. The molecule has 0 atom stereocenters. The van der Waals surface area contributed by atoms with E-state index in [9.17, 15) is 0 Å². The number of hydrogen-bond donors (Lipinski definition) is 0. The van der Waals surface area contributed by atoms with Gasteiger partial charge in [-0.2, -0.15) is 0 Å². The molecule has 0 heterocycles. The van der Waals surface area contributed by atoms with Gasteiger partial charge in [-0.3, -0.25) is 0 Å². The molecule has 0 heteroatoms. The zero-order chi connectivity index (χ0) is 12.1. The van der Waals surface area contributed by atoms with Crippen molar-refractivity contribution >= 4 is 0 Å². The van der Waals surface area contributed by atoms with Crippen molar-refractivity contribution in [3.8, 4) is 0 Å². The van der Waals surface area contributed by atoms with Gasteiger partial charge in [0.1, 0.15) is 0 Å². The molecule has 0 saturated heterocycles. The molecule has 0 spiro atoms. The maximum atomic E-state index is 3.76. The zero-order valence-corrected chi connectivity index (χ0v) is 10.8. The molecule has 0 aromatic carbocycles. The van der Waals surface area contributed by atoms with E-state index in [1.54, 1.807) is 0 Å². The van der Waals surface area contributed by atoms with Crippen molar-refractivity contribution in [2.24, 2.45) is 0 Å². The largest absolute Gasteiger partial charge is 0.103 e. The maximum Gasteiger partial charge on any atom is -0.0135 e. The van der Waals surface area contributed by atoms with Gasteiger partial charge in [0, 0.05) is 0 Å². The lowest BCUT2D eigenvalue weighted by Gasteiger charge is -1.98. The van der Waals surface area contributed by atoms with Crippen LogP contribution in [-0.4, -0.2) is 0 Å². The Hall–Kier alpha value is -1.04. The predicted molar refractivity (Wildman–Crippen MR) is 75.6 cm³/mol. The van der Waals surface area contributed by atoms with Crippen molar-refractivity contribution in [1.29, 1.82) is 0 Å². The molecule has 0 N–H and O–H groups in total. The van der Waals surface area contributed by atoms with E-state index < -0.39 is 0 Å². The first-order valence-corrected chi connectivity index (χ1v) is 6.41. The van der Waals surface area contributed by atoms with E-state index in [1.165, 1.54) is 37.7 Å². The molecule has 0 aliphatic rings. The van der Waals surface area contributed by atoms with E-state index in [0.717, 1.165) is 12.8 Å². The lowest BCUT2D eigenvalue weighted by molar-refractivity contribution is 0.674. The van der Waals surface area contributed by atoms with Crippen LogP contribution in [0.5, 0.6) is 0 Å². The second kappa shape index (κ2) is 12.0. The normalized spacial score (nSPS) is 10.3. The third kappa shape index (κ3) is 9.51. The molecule has 0 saturated carbocycles. The Balaban J connectivity index is 3.77. The van der Waals surface area contributed by atoms with Crippen LogP contribution in [0.4, 0.5) is 0 Å². The number of allylic oxidation sites excluding steroid dienone is 6. The van der Waals surface area contributed by atoms with E-state index >= 15 is 0 Å². The summed E-state index contributed by atoms with van der Waals surface area (Å²) in [7, 11) is 0. The van der Waals surface area contributed by atoms with Crippen molar-refractivity contribution in [1.82, 2.24) is 0 Å². The molecule has 0 aliphatic heterocycles. The van der Waals surface area contributed by atoms with Crippen molar-refractivity contribution in [3.63, 3.8) is 0 Å². The summed E-state index contributed by atoms with van der Waals surface area (Å²) in [6, 6.07) is 0. The van der Waals surface area contributed by atoms with Crippen LogP contribution in [0, 0.1) is 0 Å². The summed E-state index contributed by atoms with van der Waals surface area (Å²) in [5.41, 5.74) is 1.38. The van der Waals surface area contributed by atoms with Crippen LogP contribution in [0.25, 0.3) is 0 Å². The minimum atomic E-state index is 0.964. The van der Waals surface area contributed by atoms with Crippen LogP contribution >= 0.6 is 0 Å². The monoisotopic (exact) mass is 218 g/mol. The molecule has 0 aliphatic carbocycles. The fraction of sp³-hybridized carbons (Fsp3) is 0.500. The smallest absolute Gasteiger partial charge is 0.0135 e. The Kier molecular flexibility index (Phi) is 11.2. The van der Waals surface area contributed by atoms with Gasteiger partial charge in [0.25, 0.3) is 0 Å². The Bertz CT molecular complexity index is 218. The Morgan fingerprint density at radius 3 is 2.25 bits per heavy atom. The van der Waals surface area contributed by atoms with Gasteiger partial charge in [-0.05, 0) is 25.7 Å². The maximum absolute atomic E-state index is 3.76. The SMILES string of the molecule is C=CCC(=C/C=C/CCCCCC)CC=C. The van der Waals surface area contributed by atoms with Crippen LogP contribution in [-0.2, 0) is 0 Å². The van der Waals surface area contributed by atoms with Gasteiger partial charge >= 0.3 is 0 Å². The molecule has 0 amide bonds. The summed E-state index contributed by atoms with van der Waals surface area (Å²) in [6.07, 6.45) is 19.0. The van der Waals surface area contributed by atoms with Crippen LogP contribution in [0.3, 0.4) is 0 Å². The minimum absolute atomic E-state index is 0.964. The minimum Gasteiger partial charge on any atom is -0.103 e. The third-order valence-corrected chi connectivity index (χ3v) is 2.51. The van der Waals surface area contributed by atoms with E-state index in [-0.39, 0.29) is 0 Å². The highest BCUT2D eigenvalue weighted by molar-refractivity contribution is 5.17. The molecule has 0 radical (unpaired) electrons. The average Bonchev–Trinajstić information content (AvgIpc) is 2.28. The molecule has 0 unspecified atom stereocenters. The molecule has 0 aromatic heterocycles. The molecule has 90 valence electrons. The van der Waals surface area contributed by atoms with Gasteiger partial charge in [0.05, 0.1) is 0 Å². The number of hydrogen-bond acceptors (Lipinski definition) is 0. The molecule has 0 rings (SSSR count). The van der Waals surface area contributed by atoms with Gasteiger partial charge in [-0.1, -0.05) is 62.1 Å². The van der Waals surface area contributed by atoms with Gasteiger partial charge < -0.3 is 0 Å². The lowest BCUT2D eigenvalue weighted by atomic mass is 10.1. The third-order valence-electron chi connectivity index (χ3n) is 2.51. The van der Waals surface area contributed by atoms with Crippen molar-refractivity contribution in [3.05, 3.63) is 49.1 Å². The van der Waals surface area contributed by atoms with Crippen LogP contribution < -0.4 is 0 Å². The summed E-state index contributed by atoms with van der Waals surface area (Å²) < 4.78 is 0. The lowest BCUT2D eigenvalue weighted by Crippen LogP contribution is -1.78. The zero-order valence-electron chi connectivity index (χ0n) is 10.8. The Morgan fingerprint density at radius 1 is 1.00 bits per heavy atom. The van der Waals surface area contributed by atoms with Crippen LogP contribution in [0.1, 0.15) is 51.9 Å². The highest BCUT2D eigenvalue weighted by Crippen LogP contribution is 2.09. The van der Waals surface area contributed by atoms with Gasteiger partial charge in [0.15, 0.2) is 0 Å². The van der Waals surface area contributed by atoms with Crippen LogP contribution in [0.15, 0.2) is 49.1 Å². The molecular formula is C16H26. The number of rotatable bonds is 10. The van der Waals surface area contributed by atoms with Gasteiger partial charge in [-0.15, -0.1) is 13.2 Å². The molecule has 0 bridgehead atoms. The Morgan fingerprint density at radius 2 is 1.69 bits per heavy atom. The van der Waals surface area contributed by atoms with E-state index in [0.29, 0.717) is 0 Å². The van der Waals surface area contributed by atoms with E-state index in [2.05, 4.69) is 38.3 Å². The second-order valence-electron chi connectivity index (χ2n) is 4.09. The summed E-state index contributed by atoms with van der Waals surface area (Å²) in [6.45, 7) is 9.77. The highest BCUT2D eigenvalue weighted by Gasteiger charge is 1.89. The van der Waals surface area contributed by atoms with E-state index in [4.69, 9.17) is 0 Å². The van der Waals surface area contributed by atoms with Crippen molar-refractivity contribution < 1.29 is 0 Å². The van der Waals surface area contributed by atoms with Gasteiger partial charge in [-0.25, -0.2) is 0 Å². The second-order valence-corrected chi connectivity index (χ2v) is 4.09. The van der Waals surface area contributed by atoms with Crippen molar-refractivity contribution in [2.75, 3.05) is 0 Å². The molecule has 0 fully saturated rings. The summed E-state index contributed by atoms with van der Waals surface area (Å²) in [5, 5.41) is 0. The topological polar surface area (TPSA) is 0 Å².